The summed E-state index contributed by atoms with van der Waals surface area (Å²) in [6.45, 7) is 4.31. The Morgan fingerprint density at radius 1 is 1.26 bits per heavy atom. The third-order valence-electron chi connectivity index (χ3n) is 3.66. The second kappa shape index (κ2) is 6.67. The van der Waals surface area contributed by atoms with Crippen LogP contribution in [0.3, 0.4) is 0 Å². The van der Waals surface area contributed by atoms with Gasteiger partial charge in [-0.1, -0.05) is 11.6 Å². The van der Waals surface area contributed by atoms with Gasteiger partial charge in [0.05, 0.1) is 5.75 Å². The predicted octanol–water partition coefficient (Wildman–Crippen LogP) is 4.22. The minimum atomic E-state index is 0.250. The minimum absolute atomic E-state index is 0.250. The van der Waals surface area contributed by atoms with E-state index in [0.717, 1.165) is 22.8 Å². The zero-order chi connectivity index (χ0) is 13.8. The fourth-order valence-corrected chi connectivity index (χ4v) is 3.56. The van der Waals surface area contributed by atoms with Gasteiger partial charge in [0.25, 0.3) is 0 Å². The van der Waals surface area contributed by atoms with Gasteiger partial charge in [-0.25, -0.2) is 0 Å². The molecule has 104 valence electrons. The van der Waals surface area contributed by atoms with Crippen LogP contribution in [0.4, 0.5) is 0 Å². The molecule has 0 N–H and O–H groups in total. The number of hydrogen-bond acceptors (Lipinski definition) is 2. The van der Waals surface area contributed by atoms with Crippen molar-refractivity contribution >= 4 is 29.3 Å². The van der Waals surface area contributed by atoms with Crippen LogP contribution in [0.5, 0.6) is 0 Å². The second-order valence-corrected chi connectivity index (χ2v) is 6.66. The van der Waals surface area contributed by atoms with E-state index in [1.807, 2.05) is 24.3 Å². The lowest BCUT2D eigenvalue weighted by atomic mass is 9.98. The summed E-state index contributed by atoms with van der Waals surface area (Å²) in [6, 6.07) is 8.40. The third-order valence-corrected chi connectivity index (χ3v) is 4.91. The number of thioether (sulfide) groups is 1. The molecule has 1 fully saturated rings. The highest BCUT2D eigenvalue weighted by molar-refractivity contribution is 8.00. The van der Waals surface area contributed by atoms with Crippen molar-refractivity contribution in [2.75, 3.05) is 5.75 Å². The Balaban J connectivity index is 1.91. The van der Waals surface area contributed by atoms with E-state index in [0.29, 0.717) is 17.8 Å². The summed E-state index contributed by atoms with van der Waals surface area (Å²) in [7, 11) is 0. The van der Waals surface area contributed by atoms with Gasteiger partial charge in [-0.15, -0.1) is 11.8 Å². The highest BCUT2D eigenvalue weighted by atomic mass is 35.5. The Labute approximate surface area is 124 Å². The van der Waals surface area contributed by atoms with Crippen molar-refractivity contribution in [2.24, 2.45) is 0 Å². The van der Waals surface area contributed by atoms with Crippen LogP contribution in [0.15, 0.2) is 29.2 Å². The number of likely N-dealkylation sites (tertiary alicyclic amines) is 1. The topological polar surface area (TPSA) is 20.3 Å². The van der Waals surface area contributed by atoms with E-state index >= 15 is 0 Å². The summed E-state index contributed by atoms with van der Waals surface area (Å²) < 4.78 is 0. The molecule has 0 aromatic heterocycles. The molecule has 1 aliphatic rings. The average Bonchev–Trinajstić information content (AvgIpc) is 2.38. The van der Waals surface area contributed by atoms with Crippen LogP contribution in [-0.4, -0.2) is 28.6 Å². The fraction of sp³-hybridized carbons (Fsp3) is 0.533. The highest BCUT2D eigenvalue weighted by Crippen LogP contribution is 2.25. The predicted molar refractivity (Wildman–Crippen MR) is 81.8 cm³/mol. The monoisotopic (exact) mass is 297 g/mol. The molecule has 0 bridgehead atoms. The molecule has 2 nitrogen and oxygen atoms in total. The number of carbonyl (C=O) groups excluding carboxylic acids is 1. The Kier molecular flexibility index (Phi) is 5.17. The fourth-order valence-electron chi connectivity index (χ4n) is 2.66. The molecule has 2 unspecified atom stereocenters. The van der Waals surface area contributed by atoms with Crippen molar-refractivity contribution < 1.29 is 4.79 Å². The van der Waals surface area contributed by atoms with Crippen molar-refractivity contribution in [1.82, 2.24) is 4.90 Å². The molecule has 0 radical (unpaired) electrons. The number of piperidine rings is 1. The van der Waals surface area contributed by atoms with Gasteiger partial charge in [-0.3, -0.25) is 4.79 Å². The highest BCUT2D eigenvalue weighted by Gasteiger charge is 2.28. The van der Waals surface area contributed by atoms with Crippen molar-refractivity contribution in [3.8, 4) is 0 Å². The van der Waals surface area contributed by atoms with Crippen molar-refractivity contribution in [2.45, 2.75) is 50.1 Å². The molecule has 1 aromatic rings. The average molecular weight is 298 g/mol. The van der Waals surface area contributed by atoms with Crippen molar-refractivity contribution in [1.29, 1.82) is 0 Å². The molecule has 1 amide bonds. The Morgan fingerprint density at radius 3 is 2.42 bits per heavy atom. The number of nitrogens with zero attached hydrogens (tertiary/aromatic N) is 1. The number of benzene rings is 1. The standard InChI is InChI=1S/C15H20ClNOS/c1-11-4-3-5-12(2)17(11)15(18)10-19-14-8-6-13(16)7-9-14/h6-9,11-12H,3-5,10H2,1-2H3. The summed E-state index contributed by atoms with van der Waals surface area (Å²) in [5.41, 5.74) is 0. The Bertz CT molecular complexity index is 424. The number of halogens is 1. The van der Waals surface area contributed by atoms with E-state index in [1.165, 1.54) is 6.42 Å². The molecule has 2 atom stereocenters. The second-order valence-electron chi connectivity index (χ2n) is 5.17. The maximum atomic E-state index is 12.3. The molecule has 1 saturated heterocycles. The van der Waals surface area contributed by atoms with Crippen LogP contribution in [0.25, 0.3) is 0 Å². The quantitative estimate of drug-likeness (QED) is 0.779. The summed E-state index contributed by atoms with van der Waals surface area (Å²) >= 11 is 7.44. The van der Waals surface area contributed by atoms with E-state index in [-0.39, 0.29) is 5.91 Å². The first-order chi connectivity index (χ1) is 9.08. The lowest BCUT2D eigenvalue weighted by Gasteiger charge is -2.39. The van der Waals surface area contributed by atoms with E-state index in [2.05, 4.69) is 18.7 Å². The lowest BCUT2D eigenvalue weighted by molar-refractivity contribution is -0.134. The minimum Gasteiger partial charge on any atom is -0.337 e. The van der Waals surface area contributed by atoms with Gasteiger partial charge in [-0.05, 0) is 57.4 Å². The van der Waals surface area contributed by atoms with E-state index < -0.39 is 0 Å². The van der Waals surface area contributed by atoms with Gasteiger partial charge < -0.3 is 4.90 Å². The zero-order valence-corrected chi connectivity index (χ0v) is 13.0. The summed E-state index contributed by atoms with van der Waals surface area (Å²) in [5, 5.41) is 0.731. The zero-order valence-electron chi connectivity index (χ0n) is 11.4. The third kappa shape index (κ3) is 3.90. The molecule has 0 aliphatic carbocycles. The Morgan fingerprint density at radius 2 is 1.84 bits per heavy atom. The molecule has 1 heterocycles. The SMILES string of the molecule is CC1CCCC(C)N1C(=O)CSc1ccc(Cl)cc1. The van der Waals surface area contributed by atoms with Gasteiger partial charge in [0.2, 0.25) is 5.91 Å². The van der Waals surface area contributed by atoms with E-state index in [1.54, 1.807) is 11.8 Å². The summed E-state index contributed by atoms with van der Waals surface area (Å²) in [5.74, 6) is 0.760. The number of carbonyl (C=O) groups is 1. The molecule has 4 heteroatoms. The maximum absolute atomic E-state index is 12.3. The molecule has 19 heavy (non-hydrogen) atoms. The Hall–Kier alpha value is -0.670. The molecular formula is C15H20ClNOS. The van der Waals surface area contributed by atoms with Gasteiger partial charge in [0.15, 0.2) is 0 Å². The smallest absolute Gasteiger partial charge is 0.233 e. The first kappa shape index (κ1) is 14.7. The molecule has 0 spiro atoms. The van der Waals surface area contributed by atoms with Gasteiger partial charge >= 0.3 is 0 Å². The van der Waals surface area contributed by atoms with Gasteiger partial charge in [0.1, 0.15) is 0 Å². The normalized spacial score (nSPS) is 23.4. The van der Waals surface area contributed by atoms with Gasteiger partial charge in [0, 0.05) is 22.0 Å². The van der Waals surface area contributed by atoms with Crippen LogP contribution < -0.4 is 0 Å². The number of amides is 1. The summed E-state index contributed by atoms with van der Waals surface area (Å²) in [6.07, 6.45) is 3.49. The van der Waals surface area contributed by atoms with Crippen LogP contribution in [-0.2, 0) is 4.79 Å². The van der Waals surface area contributed by atoms with E-state index in [9.17, 15) is 4.79 Å². The molecule has 1 aromatic carbocycles. The largest absolute Gasteiger partial charge is 0.337 e. The van der Waals surface area contributed by atoms with Crippen molar-refractivity contribution in [3.63, 3.8) is 0 Å². The van der Waals surface area contributed by atoms with Gasteiger partial charge in [-0.2, -0.15) is 0 Å². The molecule has 2 rings (SSSR count). The first-order valence-electron chi connectivity index (χ1n) is 6.77. The first-order valence-corrected chi connectivity index (χ1v) is 8.14. The molecular weight excluding hydrogens is 278 g/mol. The number of hydrogen-bond donors (Lipinski definition) is 0. The molecule has 1 aliphatic heterocycles. The van der Waals surface area contributed by atoms with E-state index in [4.69, 9.17) is 11.6 Å². The lowest BCUT2D eigenvalue weighted by Crippen LogP contribution is -2.48. The van der Waals surface area contributed by atoms with Crippen LogP contribution in [0, 0.1) is 0 Å². The van der Waals surface area contributed by atoms with Crippen LogP contribution in [0.1, 0.15) is 33.1 Å². The van der Waals surface area contributed by atoms with Crippen molar-refractivity contribution in [3.05, 3.63) is 29.3 Å². The summed E-state index contributed by atoms with van der Waals surface area (Å²) in [4.78, 5) is 15.5. The maximum Gasteiger partial charge on any atom is 0.233 e. The van der Waals surface area contributed by atoms with Crippen LogP contribution >= 0.6 is 23.4 Å². The van der Waals surface area contributed by atoms with Crippen LogP contribution in [0.2, 0.25) is 5.02 Å². The number of rotatable bonds is 3. The molecule has 0 saturated carbocycles.